The Morgan fingerprint density at radius 2 is 2.00 bits per heavy atom. The number of aromatic nitrogens is 1. The predicted octanol–water partition coefficient (Wildman–Crippen LogP) is 2.44. The number of rotatable bonds is 7. The minimum absolute atomic E-state index is 0.243. The highest BCUT2D eigenvalue weighted by Gasteiger charge is 2.14. The monoisotopic (exact) mass is 311 g/mol. The van der Waals surface area contributed by atoms with Crippen LogP contribution < -0.4 is 10.0 Å². The highest BCUT2D eigenvalue weighted by Crippen LogP contribution is 2.18. The van der Waals surface area contributed by atoms with E-state index in [0.717, 1.165) is 25.1 Å². The first-order valence-corrected chi connectivity index (χ1v) is 8.70. The van der Waals surface area contributed by atoms with Crippen LogP contribution in [0.3, 0.4) is 0 Å². The Hall–Kier alpha value is -1.44. The van der Waals surface area contributed by atoms with Gasteiger partial charge in [0.1, 0.15) is 0 Å². The summed E-state index contributed by atoms with van der Waals surface area (Å²) in [5.74, 6) is 0. The average Bonchev–Trinajstić information content (AvgIpc) is 2.92. The van der Waals surface area contributed by atoms with Gasteiger partial charge in [0.15, 0.2) is 5.13 Å². The summed E-state index contributed by atoms with van der Waals surface area (Å²) in [6, 6.07) is 6.86. The Labute approximate surface area is 123 Å². The molecule has 5 nitrogen and oxygen atoms in total. The predicted molar refractivity (Wildman–Crippen MR) is 81.4 cm³/mol. The molecule has 2 aromatic rings. The van der Waals surface area contributed by atoms with Crippen molar-refractivity contribution in [3.63, 3.8) is 0 Å². The second-order valence-corrected chi connectivity index (χ2v) is 6.84. The first-order valence-electron chi connectivity index (χ1n) is 6.34. The van der Waals surface area contributed by atoms with Crippen LogP contribution in [0, 0.1) is 0 Å². The number of sulfonamides is 1. The van der Waals surface area contributed by atoms with E-state index < -0.39 is 10.0 Å². The molecular formula is C13H17N3O2S2. The van der Waals surface area contributed by atoms with E-state index in [0.29, 0.717) is 5.13 Å². The number of benzene rings is 1. The third-order valence-corrected chi connectivity index (χ3v) is 4.82. The lowest BCUT2D eigenvalue weighted by Crippen LogP contribution is -2.15. The highest BCUT2D eigenvalue weighted by atomic mass is 32.2. The van der Waals surface area contributed by atoms with E-state index in [2.05, 4.69) is 21.9 Å². The molecule has 0 radical (unpaired) electrons. The third-order valence-electron chi connectivity index (χ3n) is 2.64. The molecule has 2 rings (SSSR count). The summed E-state index contributed by atoms with van der Waals surface area (Å²) >= 11 is 1.25. The standard InChI is InChI=1S/C13H17N3O2S2/c1-2-7-14-10-11-3-5-12(6-4-11)20(17,18)16-13-15-8-9-19-13/h3-6,8-9,14H,2,7,10H2,1H3,(H,15,16). The Morgan fingerprint density at radius 3 is 2.60 bits per heavy atom. The SMILES string of the molecule is CCCNCc1ccc(S(=O)(=O)Nc2nccs2)cc1. The van der Waals surface area contributed by atoms with Crippen LogP contribution >= 0.6 is 11.3 Å². The summed E-state index contributed by atoms with van der Waals surface area (Å²) < 4.78 is 26.7. The third kappa shape index (κ3) is 4.03. The molecule has 0 saturated carbocycles. The second kappa shape index (κ2) is 6.83. The molecule has 0 bridgehead atoms. The largest absolute Gasteiger partial charge is 0.313 e. The maximum atomic E-state index is 12.1. The van der Waals surface area contributed by atoms with Crippen LogP contribution in [0.15, 0.2) is 40.7 Å². The van der Waals surface area contributed by atoms with E-state index in [1.165, 1.54) is 11.3 Å². The molecule has 108 valence electrons. The fourth-order valence-electron chi connectivity index (χ4n) is 1.64. The van der Waals surface area contributed by atoms with E-state index in [4.69, 9.17) is 0 Å². The summed E-state index contributed by atoms with van der Waals surface area (Å²) in [4.78, 5) is 4.16. The molecule has 1 aromatic heterocycles. The molecule has 1 heterocycles. The Morgan fingerprint density at radius 1 is 1.25 bits per heavy atom. The maximum absolute atomic E-state index is 12.1. The molecule has 0 aliphatic carbocycles. The normalized spacial score (nSPS) is 11.4. The van der Waals surface area contributed by atoms with Crippen molar-refractivity contribution in [2.45, 2.75) is 24.8 Å². The summed E-state index contributed by atoms with van der Waals surface area (Å²) in [6.45, 7) is 3.80. The summed E-state index contributed by atoms with van der Waals surface area (Å²) in [5, 5.41) is 5.37. The first-order chi connectivity index (χ1) is 9.62. The van der Waals surface area contributed by atoms with Gasteiger partial charge in [0.25, 0.3) is 10.0 Å². The van der Waals surface area contributed by atoms with Crippen molar-refractivity contribution < 1.29 is 8.42 Å². The van der Waals surface area contributed by atoms with E-state index in [1.54, 1.807) is 23.7 Å². The van der Waals surface area contributed by atoms with Gasteiger partial charge in [-0.1, -0.05) is 19.1 Å². The van der Waals surface area contributed by atoms with Crippen LogP contribution in [-0.4, -0.2) is 19.9 Å². The highest BCUT2D eigenvalue weighted by molar-refractivity contribution is 7.93. The van der Waals surface area contributed by atoms with Crippen molar-refractivity contribution in [1.82, 2.24) is 10.3 Å². The number of thiazole rings is 1. The Bertz CT molecular complexity index is 622. The fraction of sp³-hybridized carbons (Fsp3) is 0.308. The van der Waals surface area contributed by atoms with E-state index in [1.807, 2.05) is 12.1 Å². The number of hydrogen-bond acceptors (Lipinski definition) is 5. The molecule has 0 amide bonds. The quantitative estimate of drug-likeness (QED) is 0.771. The molecule has 0 aliphatic heterocycles. The smallest absolute Gasteiger partial charge is 0.263 e. The number of anilines is 1. The molecule has 0 unspecified atom stereocenters. The second-order valence-electron chi connectivity index (χ2n) is 4.26. The molecule has 0 saturated heterocycles. The first kappa shape index (κ1) is 15.0. The van der Waals surface area contributed by atoms with Gasteiger partial charge in [-0.05, 0) is 30.7 Å². The minimum atomic E-state index is -3.55. The average molecular weight is 311 g/mol. The molecule has 7 heteroatoms. The number of hydrogen-bond donors (Lipinski definition) is 2. The van der Waals surface area contributed by atoms with Gasteiger partial charge in [-0.15, -0.1) is 11.3 Å². The Kier molecular flexibility index (Phi) is 5.11. The molecular weight excluding hydrogens is 294 g/mol. The lowest BCUT2D eigenvalue weighted by atomic mass is 10.2. The van der Waals surface area contributed by atoms with Crippen LogP contribution in [0.25, 0.3) is 0 Å². The van der Waals surface area contributed by atoms with Gasteiger partial charge < -0.3 is 5.32 Å². The van der Waals surface area contributed by atoms with Gasteiger partial charge in [0.05, 0.1) is 4.90 Å². The van der Waals surface area contributed by atoms with Gasteiger partial charge >= 0.3 is 0 Å². The van der Waals surface area contributed by atoms with E-state index in [-0.39, 0.29) is 4.90 Å². The van der Waals surface area contributed by atoms with Crippen molar-refractivity contribution >= 4 is 26.5 Å². The van der Waals surface area contributed by atoms with Crippen LogP contribution in [0.4, 0.5) is 5.13 Å². The minimum Gasteiger partial charge on any atom is -0.313 e. The van der Waals surface area contributed by atoms with E-state index >= 15 is 0 Å². The van der Waals surface area contributed by atoms with Crippen molar-refractivity contribution in [2.24, 2.45) is 0 Å². The fourth-order valence-corrected chi connectivity index (χ4v) is 3.43. The topological polar surface area (TPSA) is 71.1 Å². The summed E-state index contributed by atoms with van der Waals surface area (Å²) in [6.07, 6.45) is 2.63. The van der Waals surface area contributed by atoms with E-state index in [9.17, 15) is 8.42 Å². The molecule has 1 aromatic carbocycles. The van der Waals surface area contributed by atoms with Crippen LogP contribution in [0.2, 0.25) is 0 Å². The molecule has 0 atom stereocenters. The van der Waals surface area contributed by atoms with Crippen molar-refractivity contribution in [3.05, 3.63) is 41.4 Å². The molecule has 0 spiro atoms. The van der Waals surface area contributed by atoms with Crippen LogP contribution in [0.1, 0.15) is 18.9 Å². The zero-order valence-electron chi connectivity index (χ0n) is 11.2. The molecule has 0 aliphatic rings. The summed E-state index contributed by atoms with van der Waals surface area (Å²) in [5.41, 5.74) is 1.06. The van der Waals surface area contributed by atoms with Crippen molar-refractivity contribution in [1.29, 1.82) is 0 Å². The van der Waals surface area contributed by atoms with Gasteiger partial charge in [-0.3, -0.25) is 4.72 Å². The zero-order chi connectivity index (χ0) is 14.4. The zero-order valence-corrected chi connectivity index (χ0v) is 12.8. The van der Waals surface area contributed by atoms with Crippen LogP contribution in [0.5, 0.6) is 0 Å². The molecule has 2 N–H and O–H groups in total. The van der Waals surface area contributed by atoms with Gasteiger partial charge in [-0.25, -0.2) is 13.4 Å². The molecule has 0 fully saturated rings. The summed E-state index contributed by atoms with van der Waals surface area (Å²) in [7, 11) is -3.55. The number of nitrogens with one attached hydrogen (secondary N) is 2. The molecule has 20 heavy (non-hydrogen) atoms. The number of nitrogens with zero attached hydrogens (tertiary/aromatic N) is 1. The Balaban J connectivity index is 2.05. The van der Waals surface area contributed by atoms with Crippen molar-refractivity contribution in [2.75, 3.05) is 11.3 Å². The van der Waals surface area contributed by atoms with Crippen LogP contribution in [-0.2, 0) is 16.6 Å². The van der Waals surface area contributed by atoms with Gasteiger partial charge in [-0.2, -0.15) is 0 Å². The lowest BCUT2D eigenvalue weighted by Gasteiger charge is -2.07. The lowest BCUT2D eigenvalue weighted by molar-refractivity contribution is 0.601. The van der Waals surface area contributed by atoms with Gasteiger partial charge in [0.2, 0.25) is 0 Å². The van der Waals surface area contributed by atoms with Gasteiger partial charge in [0, 0.05) is 18.1 Å². The maximum Gasteiger partial charge on any atom is 0.263 e. The van der Waals surface area contributed by atoms with Crippen molar-refractivity contribution in [3.8, 4) is 0 Å².